The van der Waals surface area contributed by atoms with Crippen molar-refractivity contribution in [3.8, 4) is 0 Å². The summed E-state index contributed by atoms with van der Waals surface area (Å²) in [5.41, 5.74) is 0. The van der Waals surface area contributed by atoms with E-state index in [4.69, 9.17) is 9.84 Å². The summed E-state index contributed by atoms with van der Waals surface area (Å²) in [6.07, 6.45) is 4.32. The second-order valence-electron chi connectivity index (χ2n) is 5.90. The maximum absolute atomic E-state index is 11.8. The van der Waals surface area contributed by atoms with Crippen molar-refractivity contribution in [1.29, 1.82) is 0 Å². The molecule has 0 aromatic rings. The number of carbonyl (C=O) groups is 2. The first kappa shape index (κ1) is 17.9. The maximum atomic E-state index is 11.8. The first-order valence-electron chi connectivity index (χ1n) is 7.83. The summed E-state index contributed by atoms with van der Waals surface area (Å²) in [6.45, 7) is 5.65. The molecule has 0 aromatic carbocycles. The van der Waals surface area contributed by atoms with Crippen LogP contribution < -0.4 is 10.6 Å². The molecular formula is C15H28N2O4. The fourth-order valence-corrected chi connectivity index (χ4v) is 2.40. The number of nitrogens with one attached hydrogen (secondary N) is 2. The van der Waals surface area contributed by atoms with Crippen molar-refractivity contribution in [2.24, 2.45) is 5.92 Å². The third-order valence-electron chi connectivity index (χ3n) is 3.84. The molecule has 1 aliphatic heterocycles. The summed E-state index contributed by atoms with van der Waals surface area (Å²) in [5.74, 6) is -1.18. The number of ether oxygens (including phenoxy) is 1. The summed E-state index contributed by atoms with van der Waals surface area (Å²) in [5, 5.41) is 14.9. The number of hydrogen-bond acceptors (Lipinski definition) is 4. The van der Waals surface area contributed by atoms with Gasteiger partial charge in [-0.05, 0) is 45.7 Å². The van der Waals surface area contributed by atoms with Crippen molar-refractivity contribution in [3.63, 3.8) is 0 Å². The van der Waals surface area contributed by atoms with Gasteiger partial charge in [-0.1, -0.05) is 13.3 Å². The molecule has 21 heavy (non-hydrogen) atoms. The highest BCUT2D eigenvalue weighted by atomic mass is 16.5. The van der Waals surface area contributed by atoms with Crippen LogP contribution in [0.25, 0.3) is 0 Å². The van der Waals surface area contributed by atoms with Gasteiger partial charge in [-0.2, -0.15) is 0 Å². The molecule has 1 aliphatic rings. The van der Waals surface area contributed by atoms with E-state index < -0.39 is 5.97 Å². The van der Waals surface area contributed by atoms with Gasteiger partial charge in [0, 0.05) is 6.04 Å². The normalized spacial score (nSPS) is 19.0. The molecule has 0 bridgehead atoms. The molecule has 1 saturated heterocycles. The highest BCUT2D eigenvalue weighted by Crippen LogP contribution is 2.10. The van der Waals surface area contributed by atoms with Gasteiger partial charge in [-0.25, -0.2) is 0 Å². The molecule has 6 heteroatoms. The van der Waals surface area contributed by atoms with Crippen molar-refractivity contribution < 1.29 is 19.4 Å². The SMILES string of the molecule is CC(CCCC(C)C(=O)O)NC(=O)COC1CCNCC1. The third-order valence-corrected chi connectivity index (χ3v) is 3.84. The molecule has 1 fully saturated rings. The Bertz CT molecular complexity index is 330. The smallest absolute Gasteiger partial charge is 0.306 e. The van der Waals surface area contributed by atoms with E-state index in [0.29, 0.717) is 6.42 Å². The Morgan fingerprint density at radius 1 is 1.29 bits per heavy atom. The van der Waals surface area contributed by atoms with Crippen molar-refractivity contribution in [1.82, 2.24) is 10.6 Å². The molecule has 0 aromatic heterocycles. The van der Waals surface area contributed by atoms with Crippen LogP contribution in [0.4, 0.5) is 0 Å². The number of rotatable bonds is 9. The highest BCUT2D eigenvalue weighted by Gasteiger charge is 2.16. The molecule has 2 unspecified atom stereocenters. The van der Waals surface area contributed by atoms with Gasteiger partial charge in [0.2, 0.25) is 5.91 Å². The Balaban J connectivity index is 2.08. The van der Waals surface area contributed by atoms with Crippen LogP contribution in [-0.4, -0.2) is 48.8 Å². The number of carbonyl (C=O) groups excluding carboxylic acids is 1. The second kappa shape index (κ2) is 9.73. The van der Waals surface area contributed by atoms with E-state index in [1.807, 2.05) is 6.92 Å². The van der Waals surface area contributed by atoms with Crippen LogP contribution in [0.15, 0.2) is 0 Å². The van der Waals surface area contributed by atoms with E-state index in [2.05, 4.69) is 10.6 Å². The predicted molar refractivity (Wildman–Crippen MR) is 80.1 cm³/mol. The minimum absolute atomic E-state index is 0.0510. The molecule has 3 N–H and O–H groups in total. The monoisotopic (exact) mass is 300 g/mol. The van der Waals surface area contributed by atoms with Gasteiger partial charge in [0.1, 0.15) is 6.61 Å². The van der Waals surface area contributed by atoms with Crippen LogP contribution in [0.2, 0.25) is 0 Å². The average molecular weight is 300 g/mol. The number of aliphatic carboxylic acids is 1. The molecule has 1 rings (SSSR count). The predicted octanol–water partition coefficient (Wildman–Crippen LogP) is 1.15. The zero-order chi connectivity index (χ0) is 15.7. The van der Waals surface area contributed by atoms with Gasteiger partial charge in [-0.3, -0.25) is 9.59 Å². The van der Waals surface area contributed by atoms with E-state index in [0.717, 1.165) is 38.8 Å². The molecule has 1 amide bonds. The van der Waals surface area contributed by atoms with Crippen molar-refractivity contribution >= 4 is 11.9 Å². The van der Waals surface area contributed by atoms with Gasteiger partial charge in [0.05, 0.1) is 12.0 Å². The molecule has 0 saturated carbocycles. The van der Waals surface area contributed by atoms with Crippen LogP contribution >= 0.6 is 0 Å². The lowest BCUT2D eigenvalue weighted by molar-refractivity contribution is -0.141. The molecule has 122 valence electrons. The van der Waals surface area contributed by atoms with Crippen molar-refractivity contribution in [2.45, 2.75) is 58.1 Å². The first-order chi connectivity index (χ1) is 9.99. The molecule has 6 nitrogen and oxygen atoms in total. The minimum Gasteiger partial charge on any atom is -0.481 e. The first-order valence-corrected chi connectivity index (χ1v) is 7.83. The zero-order valence-electron chi connectivity index (χ0n) is 13.1. The van der Waals surface area contributed by atoms with Crippen LogP contribution in [0.1, 0.15) is 46.0 Å². The Kier molecular flexibility index (Phi) is 8.30. The van der Waals surface area contributed by atoms with Crippen LogP contribution in [0, 0.1) is 5.92 Å². The Morgan fingerprint density at radius 3 is 2.57 bits per heavy atom. The lowest BCUT2D eigenvalue weighted by Crippen LogP contribution is -2.38. The van der Waals surface area contributed by atoms with Crippen LogP contribution in [0.5, 0.6) is 0 Å². The van der Waals surface area contributed by atoms with Crippen LogP contribution in [0.3, 0.4) is 0 Å². The molecule has 0 aliphatic carbocycles. The summed E-state index contributed by atoms with van der Waals surface area (Å²) in [6, 6.07) is 0.0510. The van der Waals surface area contributed by atoms with Gasteiger partial charge >= 0.3 is 5.97 Å². The van der Waals surface area contributed by atoms with E-state index >= 15 is 0 Å². The third kappa shape index (κ3) is 8.02. The van der Waals surface area contributed by atoms with Gasteiger partial charge in [-0.15, -0.1) is 0 Å². The largest absolute Gasteiger partial charge is 0.481 e. The van der Waals surface area contributed by atoms with Gasteiger partial charge in [0.25, 0.3) is 0 Å². The maximum Gasteiger partial charge on any atom is 0.306 e. The molecule has 1 heterocycles. The Hall–Kier alpha value is -1.14. The fourth-order valence-electron chi connectivity index (χ4n) is 2.40. The average Bonchev–Trinajstić information content (AvgIpc) is 2.46. The number of amides is 1. The highest BCUT2D eigenvalue weighted by molar-refractivity contribution is 5.77. The lowest BCUT2D eigenvalue weighted by atomic mass is 10.0. The van der Waals surface area contributed by atoms with E-state index in [9.17, 15) is 9.59 Å². The summed E-state index contributed by atoms with van der Waals surface area (Å²) >= 11 is 0. The van der Waals surface area contributed by atoms with Gasteiger partial charge < -0.3 is 20.5 Å². The second-order valence-corrected chi connectivity index (χ2v) is 5.90. The number of carboxylic acids is 1. The number of piperidine rings is 1. The van der Waals surface area contributed by atoms with Crippen LogP contribution in [-0.2, 0) is 14.3 Å². The van der Waals surface area contributed by atoms with E-state index in [1.165, 1.54) is 0 Å². The van der Waals surface area contributed by atoms with E-state index in [-0.39, 0.29) is 30.6 Å². The topological polar surface area (TPSA) is 87.7 Å². The molecular weight excluding hydrogens is 272 g/mol. The quantitative estimate of drug-likeness (QED) is 0.594. The molecule has 0 radical (unpaired) electrons. The fraction of sp³-hybridized carbons (Fsp3) is 0.867. The summed E-state index contributed by atoms with van der Waals surface area (Å²) in [7, 11) is 0. The van der Waals surface area contributed by atoms with Crippen molar-refractivity contribution in [2.75, 3.05) is 19.7 Å². The minimum atomic E-state index is -0.762. The molecule has 0 spiro atoms. The Labute approximate surface area is 126 Å². The summed E-state index contributed by atoms with van der Waals surface area (Å²) < 4.78 is 5.59. The standard InChI is InChI=1S/C15H28N2O4/c1-11(15(19)20)4-3-5-12(2)17-14(18)10-21-13-6-8-16-9-7-13/h11-13,16H,3-10H2,1-2H3,(H,17,18)(H,19,20). The zero-order valence-corrected chi connectivity index (χ0v) is 13.1. The van der Waals surface area contributed by atoms with Gasteiger partial charge in [0.15, 0.2) is 0 Å². The lowest BCUT2D eigenvalue weighted by Gasteiger charge is -2.23. The Morgan fingerprint density at radius 2 is 1.95 bits per heavy atom. The van der Waals surface area contributed by atoms with E-state index in [1.54, 1.807) is 6.92 Å². The number of carboxylic acid groups (broad SMARTS) is 1. The van der Waals surface area contributed by atoms with Crippen molar-refractivity contribution in [3.05, 3.63) is 0 Å². The summed E-state index contributed by atoms with van der Waals surface area (Å²) in [4.78, 5) is 22.5. The molecule has 2 atom stereocenters. The number of hydrogen-bond donors (Lipinski definition) is 3.